The number of benzene rings is 2. The van der Waals surface area contributed by atoms with Crippen LogP contribution in [0.1, 0.15) is 35.7 Å². The molecule has 1 heterocycles. The minimum atomic E-state index is -0.639. The summed E-state index contributed by atoms with van der Waals surface area (Å²) >= 11 is 5.92. The van der Waals surface area contributed by atoms with E-state index in [1.807, 2.05) is 29.2 Å². The summed E-state index contributed by atoms with van der Waals surface area (Å²) in [4.78, 5) is 26.4. The smallest absolute Gasteiger partial charge is 0.261 e. The standard InChI is InChI=1S/C21H23ClN2O3/c1-15(27-19-6-4-5-18(22)13-19)20(25)23-14-16-7-9-17(10-8-16)21(26)24-11-2-3-12-24/h4-10,13,15H,2-3,11-12,14H2,1H3,(H,23,25)/t15-/m0/s1. The van der Waals surface area contributed by atoms with Gasteiger partial charge in [0.05, 0.1) is 0 Å². The van der Waals surface area contributed by atoms with E-state index in [1.165, 1.54) is 0 Å². The predicted octanol–water partition coefficient (Wildman–Crippen LogP) is 3.66. The maximum atomic E-state index is 12.3. The van der Waals surface area contributed by atoms with Gasteiger partial charge in [0.15, 0.2) is 6.10 Å². The lowest BCUT2D eigenvalue weighted by Gasteiger charge is -2.16. The van der Waals surface area contributed by atoms with Crippen molar-refractivity contribution in [3.8, 4) is 5.75 Å². The fourth-order valence-corrected chi connectivity index (χ4v) is 3.18. The topological polar surface area (TPSA) is 58.6 Å². The number of nitrogens with one attached hydrogen (secondary N) is 1. The Morgan fingerprint density at radius 1 is 1.15 bits per heavy atom. The molecule has 0 aromatic heterocycles. The first-order chi connectivity index (χ1) is 13.0. The molecule has 6 heteroatoms. The van der Waals surface area contributed by atoms with Crippen LogP contribution in [-0.4, -0.2) is 35.9 Å². The molecule has 142 valence electrons. The van der Waals surface area contributed by atoms with Gasteiger partial charge >= 0.3 is 0 Å². The second-order valence-electron chi connectivity index (χ2n) is 6.63. The Labute approximate surface area is 164 Å². The Morgan fingerprint density at radius 2 is 1.85 bits per heavy atom. The number of hydrogen-bond acceptors (Lipinski definition) is 3. The van der Waals surface area contributed by atoms with E-state index in [-0.39, 0.29) is 11.8 Å². The van der Waals surface area contributed by atoms with Gasteiger partial charge in [-0.2, -0.15) is 0 Å². The second kappa shape index (κ2) is 8.91. The molecule has 0 bridgehead atoms. The molecule has 2 aromatic rings. The van der Waals surface area contributed by atoms with Crippen molar-refractivity contribution < 1.29 is 14.3 Å². The summed E-state index contributed by atoms with van der Waals surface area (Å²) in [6, 6.07) is 14.3. The number of likely N-dealkylation sites (tertiary alicyclic amines) is 1. The number of amides is 2. The van der Waals surface area contributed by atoms with Crippen LogP contribution in [0, 0.1) is 0 Å². The van der Waals surface area contributed by atoms with Crippen LogP contribution in [0.4, 0.5) is 0 Å². The van der Waals surface area contributed by atoms with Gasteiger partial charge in [-0.25, -0.2) is 0 Å². The van der Waals surface area contributed by atoms with Gasteiger partial charge in [0, 0.05) is 30.2 Å². The van der Waals surface area contributed by atoms with E-state index >= 15 is 0 Å². The fourth-order valence-electron chi connectivity index (χ4n) is 3.00. The highest BCUT2D eigenvalue weighted by Gasteiger charge is 2.19. The SMILES string of the molecule is C[C@H](Oc1cccc(Cl)c1)C(=O)NCc1ccc(C(=O)N2CCCC2)cc1. The average Bonchev–Trinajstić information content (AvgIpc) is 3.20. The van der Waals surface area contributed by atoms with Crippen LogP contribution in [0.3, 0.4) is 0 Å². The highest BCUT2D eigenvalue weighted by molar-refractivity contribution is 6.30. The molecule has 0 spiro atoms. The molecule has 1 aliphatic heterocycles. The summed E-state index contributed by atoms with van der Waals surface area (Å²) in [5, 5.41) is 3.40. The molecule has 1 atom stereocenters. The maximum absolute atomic E-state index is 12.3. The molecule has 0 radical (unpaired) electrons. The number of ether oxygens (including phenoxy) is 1. The Bertz CT molecular complexity index is 801. The molecule has 1 N–H and O–H groups in total. The molecule has 0 aliphatic carbocycles. The summed E-state index contributed by atoms with van der Waals surface area (Å²) < 4.78 is 5.61. The van der Waals surface area contributed by atoms with Crippen LogP contribution in [0.25, 0.3) is 0 Å². The van der Waals surface area contributed by atoms with E-state index in [2.05, 4.69) is 5.32 Å². The number of halogens is 1. The molecular formula is C21H23ClN2O3. The van der Waals surface area contributed by atoms with Crippen molar-refractivity contribution in [3.63, 3.8) is 0 Å². The second-order valence-corrected chi connectivity index (χ2v) is 7.07. The zero-order valence-electron chi connectivity index (χ0n) is 15.3. The van der Waals surface area contributed by atoms with Crippen LogP contribution in [-0.2, 0) is 11.3 Å². The van der Waals surface area contributed by atoms with Crippen molar-refractivity contribution in [1.82, 2.24) is 10.2 Å². The normalized spacial score (nSPS) is 14.7. The van der Waals surface area contributed by atoms with Crippen molar-refractivity contribution in [3.05, 3.63) is 64.7 Å². The first kappa shape index (κ1) is 19.2. The molecule has 5 nitrogen and oxygen atoms in total. The lowest BCUT2D eigenvalue weighted by Crippen LogP contribution is -2.35. The van der Waals surface area contributed by atoms with E-state index in [0.717, 1.165) is 31.5 Å². The minimum Gasteiger partial charge on any atom is -0.481 e. The van der Waals surface area contributed by atoms with Crippen molar-refractivity contribution in [1.29, 1.82) is 0 Å². The highest BCUT2D eigenvalue weighted by atomic mass is 35.5. The van der Waals surface area contributed by atoms with Crippen LogP contribution in [0.5, 0.6) is 5.75 Å². The summed E-state index contributed by atoms with van der Waals surface area (Å²) in [7, 11) is 0. The van der Waals surface area contributed by atoms with Gasteiger partial charge in [-0.3, -0.25) is 9.59 Å². The molecule has 1 aliphatic rings. The lowest BCUT2D eigenvalue weighted by molar-refractivity contribution is -0.127. The third-order valence-corrected chi connectivity index (χ3v) is 4.77. The summed E-state index contributed by atoms with van der Waals surface area (Å²) in [6.45, 7) is 3.73. The largest absolute Gasteiger partial charge is 0.481 e. The van der Waals surface area contributed by atoms with Gasteiger partial charge in [0.2, 0.25) is 0 Å². The van der Waals surface area contributed by atoms with Gasteiger partial charge in [-0.15, -0.1) is 0 Å². The van der Waals surface area contributed by atoms with Crippen LogP contribution >= 0.6 is 11.6 Å². The third-order valence-electron chi connectivity index (χ3n) is 4.54. The van der Waals surface area contributed by atoms with E-state index in [9.17, 15) is 9.59 Å². The lowest BCUT2D eigenvalue weighted by atomic mass is 10.1. The van der Waals surface area contributed by atoms with Crippen LogP contribution in [0.15, 0.2) is 48.5 Å². The molecule has 2 aromatic carbocycles. The van der Waals surface area contributed by atoms with Crippen LogP contribution in [0.2, 0.25) is 5.02 Å². The van der Waals surface area contributed by atoms with E-state index in [0.29, 0.717) is 22.9 Å². The van der Waals surface area contributed by atoms with Crippen LogP contribution < -0.4 is 10.1 Å². The number of hydrogen-bond donors (Lipinski definition) is 1. The fraction of sp³-hybridized carbons (Fsp3) is 0.333. The van der Waals surface area contributed by atoms with Crippen molar-refractivity contribution >= 4 is 23.4 Å². The molecule has 1 saturated heterocycles. The minimum absolute atomic E-state index is 0.0756. The zero-order valence-corrected chi connectivity index (χ0v) is 16.0. The van der Waals surface area contributed by atoms with E-state index < -0.39 is 6.10 Å². The molecule has 1 fully saturated rings. The quantitative estimate of drug-likeness (QED) is 0.824. The molecule has 0 saturated carbocycles. The van der Waals surface area contributed by atoms with Gasteiger partial charge in [-0.05, 0) is 55.7 Å². The van der Waals surface area contributed by atoms with Gasteiger partial charge in [-0.1, -0.05) is 29.8 Å². The molecule has 2 amide bonds. The van der Waals surface area contributed by atoms with Crippen molar-refractivity contribution in [2.75, 3.05) is 13.1 Å². The van der Waals surface area contributed by atoms with Gasteiger partial charge in [0.1, 0.15) is 5.75 Å². The monoisotopic (exact) mass is 386 g/mol. The van der Waals surface area contributed by atoms with Crippen molar-refractivity contribution in [2.45, 2.75) is 32.4 Å². The van der Waals surface area contributed by atoms with Gasteiger partial charge in [0.25, 0.3) is 11.8 Å². The summed E-state index contributed by atoms with van der Waals surface area (Å²) in [5.41, 5.74) is 1.61. The Balaban J connectivity index is 1.50. The zero-order chi connectivity index (χ0) is 19.2. The van der Waals surface area contributed by atoms with Crippen molar-refractivity contribution in [2.24, 2.45) is 0 Å². The molecular weight excluding hydrogens is 364 g/mol. The van der Waals surface area contributed by atoms with E-state index in [4.69, 9.17) is 16.3 Å². The predicted molar refractivity (Wildman–Crippen MR) is 105 cm³/mol. The Kier molecular flexibility index (Phi) is 6.35. The number of carbonyl (C=O) groups is 2. The molecule has 3 rings (SSSR count). The van der Waals surface area contributed by atoms with Gasteiger partial charge < -0.3 is 15.0 Å². The number of nitrogens with zero attached hydrogens (tertiary/aromatic N) is 1. The average molecular weight is 387 g/mol. The first-order valence-corrected chi connectivity index (χ1v) is 9.49. The number of carbonyl (C=O) groups excluding carboxylic acids is 2. The summed E-state index contributed by atoms with van der Waals surface area (Å²) in [5.74, 6) is 0.411. The summed E-state index contributed by atoms with van der Waals surface area (Å²) in [6.07, 6.45) is 1.51. The number of rotatable bonds is 6. The third kappa shape index (κ3) is 5.23. The highest BCUT2D eigenvalue weighted by Crippen LogP contribution is 2.18. The first-order valence-electron chi connectivity index (χ1n) is 9.11. The maximum Gasteiger partial charge on any atom is 0.261 e. The Hall–Kier alpha value is -2.53. The van der Waals surface area contributed by atoms with E-state index in [1.54, 1.807) is 31.2 Å². The Morgan fingerprint density at radius 3 is 2.52 bits per heavy atom. The molecule has 0 unspecified atom stereocenters. The molecule has 27 heavy (non-hydrogen) atoms.